The van der Waals surface area contributed by atoms with Gasteiger partial charge in [-0.3, -0.25) is 4.79 Å². The predicted molar refractivity (Wildman–Crippen MR) is 84.2 cm³/mol. The average Bonchev–Trinajstić information content (AvgIpc) is 2.22. The van der Waals surface area contributed by atoms with Crippen molar-refractivity contribution in [2.24, 2.45) is 0 Å². The van der Waals surface area contributed by atoms with Gasteiger partial charge < -0.3 is 20.3 Å². The molecular formula is C15H31N3O3. The zero-order chi connectivity index (χ0) is 16.7. The van der Waals surface area contributed by atoms with Crippen molar-refractivity contribution >= 4 is 12.0 Å². The second-order valence-electron chi connectivity index (χ2n) is 7.04. The summed E-state index contributed by atoms with van der Waals surface area (Å²) in [4.78, 5) is 24.7. The standard InChI is InChI=1S/C15H31N3O3/c1-12(19)17-9-8-16-10-11-18(14(2,3)4)13(20)21-15(5,6)7/h16H,8-11H2,1-7H3,(H,17,19). The summed E-state index contributed by atoms with van der Waals surface area (Å²) in [6.07, 6.45) is -0.307. The van der Waals surface area contributed by atoms with Crippen molar-refractivity contribution in [2.75, 3.05) is 26.2 Å². The van der Waals surface area contributed by atoms with E-state index < -0.39 is 5.60 Å². The van der Waals surface area contributed by atoms with Gasteiger partial charge in [0.2, 0.25) is 5.91 Å². The van der Waals surface area contributed by atoms with Crippen molar-refractivity contribution in [3.8, 4) is 0 Å². The highest BCUT2D eigenvalue weighted by Gasteiger charge is 2.30. The average molecular weight is 301 g/mol. The van der Waals surface area contributed by atoms with Crippen molar-refractivity contribution in [3.63, 3.8) is 0 Å². The van der Waals surface area contributed by atoms with Gasteiger partial charge in [-0.1, -0.05) is 0 Å². The Kier molecular flexibility index (Phi) is 7.71. The largest absolute Gasteiger partial charge is 0.444 e. The summed E-state index contributed by atoms with van der Waals surface area (Å²) in [5, 5.41) is 5.91. The number of nitrogens with one attached hydrogen (secondary N) is 2. The van der Waals surface area contributed by atoms with Crippen molar-refractivity contribution in [2.45, 2.75) is 59.6 Å². The highest BCUT2D eigenvalue weighted by atomic mass is 16.6. The first kappa shape index (κ1) is 19.7. The fraction of sp³-hybridized carbons (Fsp3) is 0.867. The van der Waals surface area contributed by atoms with Gasteiger partial charge in [0.25, 0.3) is 0 Å². The third kappa shape index (κ3) is 10.1. The molecule has 6 nitrogen and oxygen atoms in total. The van der Waals surface area contributed by atoms with Crippen LogP contribution in [0.4, 0.5) is 4.79 Å². The van der Waals surface area contributed by atoms with Crippen LogP contribution in [-0.2, 0) is 9.53 Å². The SMILES string of the molecule is CC(=O)NCCNCCN(C(=O)OC(C)(C)C)C(C)(C)C. The maximum absolute atomic E-state index is 12.2. The lowest BCUT2D eigenvalue weighted by molar-refractivity contribution is -0.118. The molecule has 0 heterocycles. The molecule has 2 amide bonds. The van der Waals surface area contributed by atoms with Crippen LogP contribution in [0.1, 0.15) is 48.5 Å². The fourth-order valence-electron chi connectivity index (χ4n) is 1.66. The number of carbonyl (C=O) groups is 2. The molecule has 0 aliphatic heterocycles. The molecule has 0 spiro atoms. The number of hydrogen-bond acceptors (Lipinski definition) is 4. The molecule has 6 heteroatoms. The summed E-state index contributed by atoms with van der Waals surface area (Å²) < 4.78 is 5.44. The van der Waals surface area contributed by atoms with Gasteiger partial charge in [-0.05, 0) is 41.5 Å². The maximum Gasteiger partial charge on any atom is 0.410 e. The Morgan fingerprint density at radius 3 is 2.00 bits per heavy atom. The number of carbonyl (C=O) groups excluding carboxylic acids is 2. The highest BCUT2D eigenvalue weighted by Crippen LogP contribution is 2.17. The molecule has 0 aliphatic rings. The van der Waals surface area contributed by atoms with E-state index in [2.05, 4.69) is 10.6 Å². The zero-order valence-electron chi connectivity index (χ0n) is 14.5. The first-order valence-electron chi connectivity index (χ1n) is 7.39. The molecule has 0 aromatic heterocycles. The van der Waals surface area contributed by atoms with Crippen LogP contribution < -0.4 is 10.6 Å². The number of hydrogen-bond donors (Lipinski definition) is 2. The number of ether oxygens (including phenoxy) is 1. The molecular weight excluding hydrogens is 270 g/mol. The van der Waals surface area contributed by atoms with E-state index in [1.165, 1.54) is 6.92 Å². The van der Waals surface area contributed by atoms with E-state index in [4.69, 9.17) is 4.74 Å². The highest BCUT2D eigenvalue weighted by molar-refractivity contribution is 5.72. The lowest BCUT2D eigenvalue weighted by atomic mass is 10.1. The second-order valence-corrected chi connectivity index (χ2v) is 7.04. The summed E-state index contributed by atoms with van der Waals surface area (Å²) in [5.74, 6) is -0.0399. The molecule has 0 aliphatic carbocycles. The van der Waals surface area contributed by atoms with Gasteiger partial charge in [-0.15, -0.1) is 0 Å². The molecule has 0 aromatic carbocycles. The van der Waals surface area contributed by atoms with E-state index in [-0.39, 0.29) is 17.5 Å². The molecule has 0 unspecified atom stereocenters. The molecule has 0 saturated heterocycles. The quantitative estimate of drug-likeness (QED) is 0.733. The van der Waals surface area contributed by atoms with Gasteiger partial charge in [0.05, 0.1) is 0 Å². The molecule has 0 rings (SSSR count). The van der Waals surface area contributed by atoms with Crippen LogP contribution in [0.3, 0.4) is 0 Å². The number of amides is 2. The first-order chi connectivity index (χ1) is 9.43. The Morgan fingerprint density at radius 2 is 1.57 bits per heavy atom. The molecule has 0 aromatic rings. The molecule has 2 N–H and O–H groups in total. The van der Waals surface area contributed by atoms with Gasteiger partial charge in [0.1, 0.15) is 5.60 Å². The predicted octanol–water partition coefficient (Wildman–Crippen LogP) is 1.75. The normalized spacial score (nSPS) is 12.0. The van der Waals surface area contributed by atoms with Crippen LogP contribution in [0.15, 0.2) is 0 Å². The van der Waals surface area contributed by atoms with Gasteiger partial charge >= 0.3 is 6.09 Å². The lowest BCUT2D eigenvalue weighted by Crippen LogP contribution is -2.50. The lowest BCUT2D eigenvalue weighted by Gasteiger charge is -2.36. The summed E-state index contributed by atoms with van der Waals surface area (Å²) in [5.41, 5.74) is -0.804. The minimum atomic E-state index is -0.501. The van der Waals surface area contributed by atoms with Gasteiger partial charge in [-0.25, -0.2) is 4.79 Å². The molecule has 0 saturated carbocycles. The molecule has 0 fully saturated rings. The molecule has 0 atom stereocenters. The van der Waals surface area contributed by atoms with Gasteiger partial charge in [0.15, 0.2) is 0 Å². The van der Waals surface area contributed by atoms with Crippen LogP contribution in [0.2, 0.25) is 0 Å². The van der Waals surface area contributed by atoms with Crippen molar-refractivity contribution in [1.29, 1.82) is 0 Å². The summed E-state index contributed by atoms with van der Waals surface area (Å²) in [6, 6.07) is 0. The molecule has 0 radical (unpaired) electrons. The Balaban J connectivity index is 4.27. The Morgan fingerprint density at radius 1 is 1.00 bits per heavy atom. The minimum absolute atomic E-state index is 0.0399. The van der Waals surface area contributed by atoms with E-state index >= 15 is 0 Å². The second kappa shape index (κ2) is 8.22. The van der Waals surface area contributed by atoms with Crippen LogP contribution in [0.5, 0.6) is 0 Å². The zero-order valence-corrected chi connectivity index (χ0v) is 14.5. The van der Waals surface area contributed by atoms with Crippen LogP contribution in [0, 0.1) is 0 Å². The van der Waals surface area contributed by atoms with E-state index in [0.717, 1.165) is 0 Å². The fourth-order valence-corrected chi connectivity index (χ4v) is 1.66. The van der Waals surface area contributed by atoms with Crippen LogP contribution in [-0.4, -0.2) is 54.2 Å². The van der Waals surface area contributed by atoms with Crippen LogP contribution >= 0.6 is 0 Å². The van der Waals surface area contributed by atoms with Gasteiger partial charge in [0, 0.05) is 38.6 Å². The molecule has 0 bridgehead atoms. The van der Waals surface area contributed by atoms with E-state index in [1.807, 2.05) is 41.5 Å². The van der Waals surface area contributed by atoms with Gasteiger partial charge in [-0.2, -0.15) is 0 Å². The van der Waals surface area contributed by atoms with Crippen molar-refractivity contribution in [3.05, 3.63) is 0 Å². The third-order valence-electron chi connectivity index (χ3n) is 2.61. The topological polar surface area (TPSA) is 70.7 Å². The third-order valence-corrected chi connectivity index (χ3v) is 2.61. The van der Waals surface area contributed by atoms with Crippen molar-refractivity contribution < 1.29 is 14.3 Å². The Bertz CT molecular complexity index is 343. The summed E-state index contributed by atoms with van der Waals surface area (Å²) >= 11 is 0. The maximum atomic E-state index is 12.2. The van der Waals surface area contributed by atoms with Crippen molar-refractivity contribution in [1.82, 2.24) is 15.5 Å². The van der Waals surface area contributed by atoms with E-state index in [9.17, 15) is 9.59 Å². The monoisotopic (exact) mass is 301 g/mol. The Labute approximate surface area is 128 Å². The number of rotatable bonds is 6. The van der Waals surface area contributed by atoms with E-state index in [1.54, 1.807) is 4.90 Å². The summed E-state index contributed by atoms with van der Waals surface area (Å²) in [6.45, 7) is 15.5. The smallest absolute Gasteiger partial charge is 0.410 e. The van der Waals surface area contributed by atoms with E-state index in [0.29, 0.717) is 26.2 Å². The Hall–Kier alpha value is -1.30. The minimum Gasteiger partial charge on any atom is -0.444 e. The molecule has 21 heavy (non-hydrogen) atoms. The summed E-state index contributed by atoms with van der Waals surface area (Å²) in [7, 11) is 0. The molecule has 124 valence electrons. The first-order valence-corrected chi connectivity index (χ1v) is 7.39. The number of nitrogens with zero attached hydrogens (tertiary/aromatic N) is 1. The van der Waals surface area contributed by atoms with Crippen LogP contribution in [0.25, 0.3) is 0 Å².